The summed E-state index contributed by atoms with van der Waals surface area (Å²) in [6, 6.07) is 4.42. The molecule has 0 aliphatic heterocycles. The predicted octanol–water partition coefficient (Wildman–Crippen LogP) is 2.27. The predicted molar refractivity (Wildman–Crippen MR) is 73.7 cm³/mol. The van der Waals surface area contributed by atoms with Gasteiger partial charge in [0.2, 0.25) is 0 Å². The SMILES string of the molecule is CCOC(=O)CCN(CCC#N)C(=O)c1cc(F)ccc1F. The summed E-state index contributed by atoms with van der Waals surface area (Å²) in [4.78, 5) is 24.7. The molecule has 0 fully saturated rings. The Bertz CT molecular complexity index is 585. The fourth-order valence-electron chi connectivity index (χ4n) is 1.79. The second-order valence-corrected chi connectivity index (χ2v) is 4.38. The highest BCUT2D eigenvalue weighted by molar-refractivity contribution is 5.94. The number of nitrogens with zero attached hydrogens (tertiary/aromatic N) is 2. The van der Waals surface area contributed by atoms with E-state index in [-0.39, 0.29) is 32.5 Å². The number of hydrogen-bond acceptors (Lipinski definition) is 4. The molecule has 0 radical (unpaired) electrons. The van der Waals surface area contributed by atoms with Crippen LogP contribution in [-0.4, -0.2) is 36.5 Å². The third kappa shape index (κ3) is 5.13. The van der Waals surface area contributed by atoms with Crippen LogP contribution in [0.5, 0.6) is 0 Å². The Morgan fingerprint density at radius 3 is 2.68 bits per heavy atom. The number of hydrogen-bond donors (Lipinski definition) is 0. The number of halogens is 2. The van der Waals surface area contributed by atoms with Crippen molar-refractivity contribution < 1.29 is 23.1 Å². The lowest BCUT2D eigenvalue weighted by molar-refractivity contribution is -0.143. The zero-order chi connectivity index (χ0) is 16.5. The maximum Gasteiger partial charge on any atom is 0.307 e. The number of carbonyl (C=O) groups is 2. The Morgan fingerprint density at radius 1 is 1.32 bits per heavy atom. The molecule has 0 aliphatic rings. The summed E-state index contributed by atoms with van der Waals surface area (Å²) in [7, 11) is 0. The van der Waals surface area contributed by atoms with Gasteiger partial charge in [0.25, 0.3) is 5.91 Å². The minimum atomic E-state index is -0.857. The summed E-state index contributed by atoms with van der Waals surface area (Å²) < 4.78 is 31.6. The van der Waals surface area contributed by atoms with E-state index in [4.69, 9.17) is 10.00 Å². The van der Waals surface area contributed by atoms with E-state index in [1.165, 1.54) is 0 Å². The van der Waals surface area contributed by atoms with Gasteiger partial charge < -0.3 is 9.64 Å². The molecule has 0 saturated heterocycles. The molecule has 1 amide bonds. The fourth-order valence-corrected chi connectivity index (χ4v) is 1.79. The first-order chi connectivity index (χ1) is 10.5. The van der Waals surface area contributed by atoms with Crippen molar-refractivity contribution in [3.05, 3.63) is 35.4 Å². The molecule has 1 aromatic rings. The molecule has 0 bridgehead atoms. The highest BCUT2D eigenvalue weighted by Gasteiger charge is 2.20. The minimum Gasteiger partial charge on any atom is -0.466 e. The standard InChI is InChI=1S/C15H16F2N2O3/c1-2-22-14(20)6-9-19(8-3-7-18)15(21)12-10-11(16)4-5-13(12)17/h4-5,10H,2-3,6,8-9H2,1H3. The Balaban J connectivity index is 2.86. The van der Waals surface area contributed by atoms with Crippen molar-refractivity contribution >= 4 is 11.9 Å². The lowest BCUT2D eigenvalue weighted by Crippen LogP contribution is -2.34. The van der Waals surface area contributed by atoms with Crippen molar-refractivity contribution in [2.24, 2.45) is 0 Å². The molecule has 0 aromatic heterocycles. The normalized spacial score (nSPS) is 9.91. The molecule has 7 heteroatoms. The van der Waals surface area contributed by atoms with Crippen molar-refractivity contribution in [2.75, 3.05) is 19.7 Å². The average molecular weight is 310 g/mol. The summed E-state index contributed by atoms with van der Waals surface area (Å²) in [5, 5.41) is 8.61. The summed E-state index contributed by atoms with van der Waals surface area (Å²) in [6.07, 6.45) is -0.0621. The van der Waals surface area contributed by atoms with E-state index < -0.39 is 29.1 Å². The number of ether oxygens (including phenoxy) is 1. The maximum atomic E-state index is 13.7. The summed E-state index contributed by atoms with van der Waals surface area (Å²) in [5.41, 5.74) is -0.429. The van der Waals surface area contributed by atoms with Crippen LogP contribution >= 0.6 is 0 Å². The van der Waals surface area contributed by atoms with Gasteiger partial charge >= 0.3 is 5.97 Å². The third-order valence-electron chi connectivity index (χ3n) is 2.83. The molecular weight excluding hydrogens is 294 g/mol. The zero-order valence-electron chi connectivity index (χ0n) is 12.1. The summed E-state index contributed by atoms with van der Waals surface area (Å²) in [6.45, 7) is 1.85. The molecule has 0 aliphatic carbocycles. The molecule has 0 N–H and O–H groups in total. The Hall–Kier alpha value is -2.49. The van der Waals surface area contributed by atoms with E-state index in [2.05, 4.69) is 0 Å². The molecule has 1 rings (SSSR count). The van der Waals surface area contributed by atoms with Gasteiger partial charge in [0.15, 0.2) is 0 Å². The molecule has 1 aromatic carbocycles. The Kier molecular flexibility index (Phi) is 6.96. The van der Waals surface area contributed by atoms with Gasteiger partial charge in [-0.25, -0.2) is 8.78 Å². The number of carbonyl (C=O) groups excluding carboxylic acids is 2. The van der Waals surface area contributed by atoms with Crippen molar-refractivity contribution in [2.45, 2.75) is 19.8 Å². The quantitative estimate of drug-likeness (QED) is 0.724. The molecule has 22 heavy (non-hydrogen) atoms. The summed E-state index contributed by atoms with van der Waals surface area (Å²) >= 11 is 0. The van der Waals surface area contributed by atoms with E-state index in [0.717, 1.165) is 23.1 Å². The van der Waals surface area contributed by atoms with Crippen molar-refractivity contribution in [1.29, 1.82) is 5.26 Å². The first-order valence-corrected chi connectivity index (χ1v) is 6.76. The van der Waals surface area contributed by atoms with Gasteiger partial charge in [0.05, 0.1) is 31.1 Å². The third-order valence-corrected chi connectivity index (χ3v) is 2.83. The van der Waals surface area contributed by atoms with Gasteiger partial charge in [-0.1, -0.05) is 0 Å². The van der Waals surface area contributed by atoms with Crippen LogP contribution in [0, 0.1) is 23.0 Å². The van der Waals surface area contributed by atoms with E-state index in [9.17, 15) is 18.4 Å². The van der Waals surface area contributed by atoms with E-state index in [0.29, 0.717) is 0 Å². The fraction of sp³-hybridized carbons (Fsp3) is 0.400. The minimum absolute atomic E-state index is 0.0185. The van der Waals surface area contributed by atoms with E-state index in [1.54, 1.807) is 6.92 Å². The number of rotatable bonds is 7. The highest BCUT2D eigenvalue weighted by atomic mass is 19.1. The van der Waals surface area contributed by atoms with Crippen LogP contribution in [0.4, 0.5) is 8.78 Å². The molecule has 0 atom stereocenters. The molecule has 0 spiro atoms. The van der Waals surface area contributed by atoms with Gasteiger partial charge in [-0.05, 0) is 25.1 Å². The van der Waals surface area contributed by atoms with Gasteiger partial charge in [0.1, 0.15) is 11.6 Å². The van der Waals surface area contributed by atoms with Crippen LogP contribution < -0.4 is 0 Å². The zero-order valence-corrected chi connectivity index (χ0v) is 12.1. The highest BCUT2D eigenvalue weighted by Crippen LogP contribution is 2.13. The molecule has 0 heterocycles. The molecule has 5 nitrogen and oxygen atoms in total. The largest absolute Gasteiger partial charge is 0.466 e. The maximum absolute atomic E-state index is 13.7. The van der Waals surface area contributed by atoms with Crippen molar-refractivity contribution in [3.63, 3.8) is 0 Å². The molecule has 0 saturated carbocycles. The van der Waals surface area contributed by atoms with Crippen LogP contribution in [0.2, 0.25) is 0 Å². The lowest BCUT2D eigenvalue weighted by Gasteiger charge is -2.21. The first-order valence-electron chi connectivity index (χ1n) is 6.76. The van der Waals surface area contributed by atoms with E-state index in [1.807, 2.05) is 6.07 Å². The summed E-state index contributed by atoms with van der Waals surface area (Å²) in [5.74, 6) is -2.87. The Morgan fingerprint density at radius 2 is 2.05 bits per heavy atom. The van der Waals surface area contributed by atoms with Crippen LogP contribution in [-0.2, 0) is 9.53 Å². The smallest absolute Gasteiger partial charge is 0.307 e. The van der Waals surface area contributed by atoms with Crippen LogP contribution in [0.15, 0.2) is 18.2 Å². The van der Waals surface area contributed by atoms with Gasteiger partial charge in [-0.3, -0.25) is 9.59 Å². The second kappa shape index (κ2) is 8.72. The van der Waals surface area contributed by atoms with Crippen molar-refractivity contribution in [3.8, 4) is 6.07 Å². The molecular formula is C15H16F2N2O3. The average Bonchev–Trinajstić information content (AvgIpc) is 2.49. The monoisotopic (exact) mass is 310 g/mol. The Labute approximate surface area is 127 Å². The van der Waals surface area contributed by atoms with Crippen LogP contribution in [0.25, 0.3) is 0 Å². The van der Waals surface area contributed by atoms with Crippen LogP contribution in [0.1, 0.15) is 30.1 Å². The van der Waals surface area contributed by atoms with Gasteiger partial charge in [-0.15, -0.1) is 0 Å². The second-order valence-electron chi connectivity index (χ2n) is 4.38. The van der Waals surface area contributed by atoms with Crippen molar-refractivity contribution in [1.82, 2.24) is 4.90 Å². The lowest BCUT2D eigenvalue weighted by atomic mass is 10.1. The number of benzene rings is 1. The number of esters is 1. The van der Waals surface area contributed by atoms with Gasteiger partial charge in [0, 0.05) is 13.1 Å². The number of amides is 1. The number of nitriles is 1. The van der Waals surface area contributed by atoms with Crippen LogP contribution in [0.3, 0.4) is 0 Å². The molecule has 118 valence electrons. The van der Waals surface area contributed by atoms with Gasteiger partial charge in [-0.2, -0.15) is 5.26 Å². The molecule has 0 unspecified atom stereocenters. The topological polar surface area (TPSA) is 70.4 Å². The van der Waals surface area contributed by atoms with E-state index >= 15 is 0 Å². The first kappa shape index (κ1) is 17.6.